The third kappa shape index (κ3) is 3.84. The Morgan fingerprint density at radius 3 is 2.65 bits per heavy atom. The van der Waals surface area contributed by atoms with Gasteiger partial charge in [0.25, 0.3) is 0 Å². The Hall–Kier alpha value is -2.50. The van der Waals surface area contributed by atoms with Crippen LogP contribution < -0.4 is 0 Å². The molecule has 26 heavy (non-hydrogen) atoms. The fourth-order valence-corrected chi connectivity index (χ4v) is 3.37. The van der Waals surface area contributed by atoms with Crippen molar-refractivity contribution >= 4 is 0 Å². The van der Waals surface area contributed by atoms with Gasteiger partial charge in [0.05, 0.1) is 19.3 Å². The van der Waals surface area contributed by atoms with E-state index in [0.717, 1.165) is 31.9 Å². The van der Waals surface area contributed by atoms with Crippen LogP contribution in [0.3, 0.4) is 0 Å². The molecule has 3 aromatic rings. The third-order valence-corrected chi connectivity index (χ3v) is 4.73. The Kier molecular flexibility index (Phi) is 4.82. The van der Waals surface area contributed by atoms with Gasteiger partial charge in [0.1, 0.15) is 5.69 Å². The van der Waals surface area contributed by atoms with Gasteiger partial charge < -0.3 is 4.74 Å². The van der Waals surface area contributed by atoms with E-state index in [4.69, 9.17) is 4.74 Å². The van der Waals surface area contributed by atoms with Crippen LogP contribution in [0.2, 0.25) is 0 Å². The Morgan fingerprint density at radius 1 is 1.00 bits per heavy atom. The van der Waals surface area contributed by atoms with Gasteiger partial charge in [0.2, 0.25) is 0 Å². The van der Waals surface area contributed by atoms with Gasteiger partial charge in [-0.2, -0.15) is 0 Å². The average molecular weight is 348 g/mol. The van der Waals surface area contributed by atoms with E-state index in [9.17, 15) is 0 Å². The molecule has 0 bridgehead atoms. The van der Waals surface area contributed by atoms with E-state index in [1.807, 2.05) is 10.9 Å². The van der Waals surface area contributed by atoms with Crippen molar-refractivity contribution in [1.29, 1.82) is 0 Å². The van der Waals surface area contributed by atoms with E-state index in [-0.39, 0.29) is 6.23 Å². The van der Waals surface area contributed by atoms with Crippen molar-refractivity contribution in [3.8, 4) is 0 Å². The van der Waals surface area contributed by atoms with E-state index >= 15 is 0 Å². The summed E-state index contributed by atoms with van der Waals surface area (Å²) in [5.74, 6) is 0. The largest absolute Gasteiger partial charge is 0.356 e. The average Bonchev–Trinajstić information content (AvgIpc) is 3.26. The molecule has 0 amide bonds. The van der Waals surface area contributed by atoms with Crippen LogP contribution in [0.4, 0.5) is 0 Å². The van der Waals surface area contributed by atoms with Crippen LogP contribution in [0.15, 0.2) is 54.7 Å². The lowest BCUT2D eigenvalue weighted by Crippen LogP contribution is -2.23. The summed E-state index contributed by atoms with van der Waals surface area (Å²) in [6.07, 6.45) is 1.88. The molecule has 5 nitrogen and oxygen atoms in total. The highest BCUT2D eigenvalue weighted by Gasteiger charge is 2.29. The molecule has 2 heterocycles. The predicted octanol–water partition coefficient (Wildman–Crippen LogP) is 3.47. The van der Waals surface area contributed by atoms with E-state index in [1.54, 1.807) is 0 Å². The van der Waals surface area contributed by atoms with Crippen LogP contribution in [-0.4, -0.2) is 33.0 Å². The minimum atomic E-state index is -0.123. The third-order valence-electron chi connectivity index (χ3n) is 4.73. The van der Waals surface area contributed by atoms with Crippen molar-refractivity contribution in [1.82, 2.24) is 19.9 Å². The number of benzene rings is 2. The molecule has 0 N–H and O–H groups in total. The Morgan fingerprint density at radius 2 is 1.85 bits per heavy atom. The smallest absolute Gasteiger partial charge is 0.157 e. The fourth-order valence-electron chi connectivity index (χ4n) is 3.37. The number of hydrogen-bond donors (Lipinski definition) is 0. The molecule has 1 aliphatic heterocycles. The summed E-state index contributed by atoms with van der Waals surface area (Å²) < 4.78 is 7.82. The van der Waals surface area contributed by atoms with Gasteiger partial charge in [-0.1, -0.05) is 64.9 Å². The summed E-state index contributed by atoms with van der Waals surface area (Å²) in [6.45, 7) is 7.43. The highest BCUT2D eigenvalue weighted by molar-refractivity contribution is 5.23. The number of rotatable bonds is 5. The summed E-state index contributed by atoms with van der Waals surface area (Å²) in [4.78, 5) is 2.31. The van der Waals surface area contributed by atoms with Gasteiger partial charge in [0, 0.05) is 13.1 Å². The van der Waals surface area contributed by atoms with Crippen molar-refractivity contribution in [3.05, 3.63) is 82.7 Å². The Bertz CT molecular complexity index is 872. The lowest BCUT2D eigenvalue weighted by Gasteiger charge is -2.21. The highest BCUT2D eigenvalue weighted by atomic mass is 16.5. The number of hydrogen-bond acceptors (Lipinski definition) is 4. The van der Waals surface area contributed by atoms with Crippen molar-refractivity contribution in [2.75, 3.05) is 13.2 Å². The fraction of sp³-hybridized carbons (Fsp3) is 0.333. The van der Waals surface area contributed by atoms with Crippen LogP contribution in [-0.2, 0) is 17.8 Å². The first-order chi connectivity index (χ1) is 12.7. The van der Waals surface area contributed by atoms with Crippen molar-refractivity contribution in [2.45, 2.75) is 33.2 Å². The van der Waals surface area contributed by atoms with Gasteiger partial charge in [0.15, 0.2) is 6.23 Å². The number of aromatic nitrogens is 3. The first-order valence-corrected chi connectivity index (χ1v) is 9.04. The maximum absolute atomic E-state index is 5.94. The number of ether oxygens (including phenoxy) is 1. The number of aryl methyl sites for hydroxylation is 2. The monoisotopic (exact) mass is 348 g/mol. The highest BCUT2D eigenvalue weighted by Crippen LogP contribution is 2.27. The lowest BCUT2D eigenvalue weighted by molar-refractivity contribution is 0.0252. The molecule has 1 atom stereocenters. The SMILES string of the molecule is Cc1ccc(Cn2cc([C@H]3OCCN3Cc3cccc(C)c3)nn2)cc1. The topological polar surface area (TPSA) is 43.2 Å². The van der Waals surface area contributed by atoms with Crippen molar-refractivity contribution in [2.24, 2.45) is 0 Å². The standard InChI is InChI=1S/C21H24N4O/c1-16-6-8-18(9-7-16)14-25-15-20(22-23-25)21-24(10-11-26-21)13-19-5-3-4-17(2)12-19/h3-9,12,15,21H,10-11,13-14H2,1-2H3/t21-/m1/s1. The quantitative estimate of drug-likeness (QED) is 0.708. The van der Waals surface area contributed by atoms with Crippen molar-refractivity contribution < 1.29 is 4.74 Å². The van der Waals surface area contributed by atoms with Gasteiger partial charge in [-0.3, -0.25) is 4.90 Å². The molecule has 0 spiro atoms. The predicted molar refractivity (Wildman–Crippen MR) is 101 cm³/mol. The zero-order chi connectivity index (χ0) is 17.9. The first-order valence-electron chi connectivity index (χ1n) is 9.04. The second kappa shape index (κ2) is 7.40. The lowest BCUT2D eigenvalue weighted by atomic mass is 10.1. The second-order valence-corrected chi connectivity index (χ2v) is 7.01. The molecule has 0 saturated carbocycles. The van der Waals surface area contributed by atoms with Gasteiger partial charge in [-0.15, -0.1) is 5.10 Å². The number of nitrogens with zero attached hydrogens (tertiary/aromatic N) is 4. The maximum atomic E-state index is 5.94. The Balaban J connectivity index is 1.46. The van der Waals surface area contributed by atoms with Crippen LogP contribution in [0.25, 0.3) is 0 Å². The Labute approximate surface area is 154 Å². The summed E-state index contributed by atoms with van der Waals surface area (Å²) in [5.41, 5.74) is 5.94. The molecule has 1 aliphatic rings. The zero-order valence-corrected chi connectivity index (χ0v) is 15.3. The molecular formula is C21H24N4O. The van der Waals surface area contributed by atoms with E-state index in [1.165, 1.54) is 22.3 Å². The minimum absolute atomic E-state index is 0.123. The maximum Gasteiger partial charge on any atom is 0.157 e. The normalized spacial score (nSPS) is 17.7. The zero-order valence-electron chi connectivity index (χ0n) is 15.3. The molecule has 1 saturated heterocycles. The molecular weight excluding hydrogens is 324 g/mol. The van der Waals surface area contributed by atoms with Crippen LogP contribution in [0.5, 0.6) is 0 Å². The van der Waals surface area contributed by atoms with Crippen LogP contribution in [0.1, 0.15) is 34.2 Å². The molecule has 1 fully saturated rings. The molecule has 5 heteroatoms. The molecule has 134 valence electrons. The van der Waals surface area contributed by atoms with Gasteiger partial charge in [-0.25, -0.2) is 4.68 Å². The van der Waals surface area contributed by atoms with Crippen LogP contribution in [0, 0.1) is 13.8 Å². The minimum Gasteiger partial charge on any atom is -0.356 e. The van der Waals surface area contributed by atoms with Gasteiger partial charge >= 0.3 is 0 Å². The van der Waals surface area contributed by atoms with E-state index in [2.05, 4.69) is 77.6 Å². The molecule has 0 aliphatic carbocycles. The van der Waals surface area contributed by atoms with Crippen molar-refractivity contribution in [3.63, 3.8) is 0 Å². The van der Waals surface area contributed by atoms with Crippen LogP contribution >= 0.6 is 0 Å². The summed E-state index contributed by atoms with van der Waals surface area (Å²) in [7, 11) is 0. The molecule has 0 unspecified atom stereocenters. The molecule has 4 rings (SSSR count). The second-order valence-electron chi connectivity index (χ2n) is 7.01. The van der Waals surface area contributed by atoms with E-state index in [0.29, 0.717) is 0 Å². The molecule has 1 aromatic heterocycles. The van der Waals surface area contributed by atoms with E-state index < -0.39 is 0 Å². The molecule has 0 radical (unpaired) electrons. The van der Waals surface area contributed by atoms with Gasteiger partial charge in [-0.05, 0) is 25.0 Å². The summed E-state index contributed by atoms with van der Waals surface area (Å²) in [6, 6.07) is 17.1. The summed E-state index contributed by atoms with van der Waals surface area (Å²) >= 11 is 0. The first kappa shape index (κ1) is 16.9. The summed E-state index contributed by atoms with van der Waals surface area (Å²) in [5, 5.41) is 8.66. The molecule has 2 aromatic carbocycles.